The van der Waals surface area contributed by atoms with E-state index in [2.05, 4.69) is 12.2 Å². The van der Waals surface area contributed by atoms with Crippen molar-refractivity contribution < 1.29 is 9.59 Å². The van der Waals surface area contributed by atoms with Crippen molar-refractivity contribution in [3.63, 3.8) is 0 Å². The standard InChI is InChI=1S/C14H18N2O2/c1-4-9(2)16(3)14(18)10-5-6-12-11(7-10)8-13(17)15-12/h5-7,9H,4,8H2,1-3H3,(H,15,17). The normalized spacial score (nSPS) is 14.9. The summed E-state index contributed by atoms with van der Waals surface area (Å²) in [6.07, 6.45) is 1.29. The van der Waals surface area contributed by atoms with Gasteiger partial charge in [-0.25, -0.2) is 0 Å². The van der Waals surface area contributed by atoms with Crippen LogP contribution >= 0.6 is 0 Å². The molecule has 1 aliphatic heterocycles. The summed E-state index contributed by atoms with van der Waals surface area (Å²) in [4.78, 5) is 25.3. The first-order chi connectivity index (χ1) is 8.52. The van der Waals surface area contributed by atoms with Crippen LogP contribution in [-0.4, -0.2) is 29.8 Å². The highest BCUT2D eigenvalue weighted by Crippen LogP contribution is 2.24. The molecule has 0 spiro atoms. The topological polar surface area (TPSA) is 49.4 Å². The van der Waals surface area contributed by atoms with Crippen LogP contribution in [-0.2, 0) is 11.2 Å². The van der Waals surface area contributed by atoms with Crippen molar-refractivity contribution >= 4 is 17.5 Å². The summed E-state index contributed by atoms with van der Waals surface area (Å²) in [5.74, 6) is -0.00335. The third-order valence-corrected chi connectivity index (χ3v) is 3.55. The van der Waals surface area contributed by atoms with E-state index in [4.69, 9.17) is 0 Å². The highest BCUT2D eigenvalue weighted by atomic mass is 16.2. The van der Waals surface area contributed by atoms with Crippen LogP contribution in [0.3, 0.4) is 0 Å². The number of nitrogens with zero attached hydrogens (tertiary/aromatic N) is 1. The van der Waals surface area contributed by atoms with Gasteiger partial charge >= 0.3 is 0 Å². The summed E-state index contributed by atoms with van der Waals surface area (Å²) in [6.45, 7) is 4.08. The van der Waals surface area contributed by atoms with E-state index in [0.717, 1.165) is 17.7 Å². The van der Waals surface area contributed by atoms with E-state index in [1.807, 2.05) is 20.0 Å². The molecule has 1 aliphatic rings. The summed E-state index contributed by atoms with van der Waals surface area (Å²) in [7, 11) is 1.81. The van der Waals surface area contributed by atoms with Crippen molar-refractivity contribution in [3.05, 3.63) is 29.3 Å². The van der Waals surface area contributed by atoms with Gasteiger partial charge in [0.25, 0.3) is 5.91 Å². The zero-order valence-electron chi connectivity index (χ0n) is 11.0. The van der Waals surface area contributed by atoms with Gasteiger partial charge in [-0.3, -0.25) is 9.59 Å². The molecule has 1 N–H and O–H groups in total. The van der Waals surface area contributed by atoms with E-state index in [-0.39, 0.29) is 17.9 Å². The molecule has 4 heteroatoms. The molecule has 0 saturated heterocycles. The molecule has 1 heterocycles. The minimum Gasteiger partial charge on any atom is -0.339 e. The minimum absolute atomic E-state index is 0.00602. The van der Waals surface area contributed by atoms with Gasteiger partial charge in [0.2, 0.25) is 5.91 Å². The highest BCUT2D eigenvalue weighted by molar-refractivity contribution is 6.01. The van der Waals surface area contributed by atoms with E-state index < -0.39 is 0 Å². The number of carbonyl (C=O) groups is 2. The van der Waals surface area contributed by atoms with Crippen LogP contribution in [0.2, 0.25) is 0 Å². The average Bonchev–Trinajstić information content (AvgIpc) is 2.74. The molecule has 96 valence electrons. The number of hydrogen-bond donors (Lipinski definition) is 1. The first-order valence-corrected chi connectivity index (χ1v) is 6.23. The zero-order valence-corrected chi connectivity index (χ0v) is 11.0. The van der Waals surface area contributed by atoms with E-state index >= 15 is 0 Å². The van der Waals surface area contributed by atoms with Gasteiger partial charge in [0.05, 0.1) is 6.42 Å². The second-order valence-corrected chi connectivity index (χ2v) is 4.77. The molecular formula is C14H18N2O2. The molecule has 1 aromatic carbocycles. The summed E-state index contributed by atoms with van der Waals surface area (Å²) in [6, 6.07) is 5.60. The fourth-order valence-corrected chi connectivity index (χ4v) is 2.04. The Hall–Kier alpha value is -1.84. The van der Waals surface area contributed by atoms with E-state index in [9.17, 15) is 9.59 Å². The molecule has 0 radical (unpaired) electrons. The molecule has 0 aliphatic carbocycles. The molecule has 0 fully saturated rings. The predicted octanol–water partition coefficient (Wildman–Crippen LogP) is 2.05. The number of rotatable bonds is 3. The Balaban J connectivity index is 2.23. The summed E-state index contributed by atoms with van der Waals surface area (Å²) < 4.78 is 0. The van der Waals surface area contributed by atoms with Crippen molar-refractivity contribution in [2.75, 3.05) is 12.4 Å². The Morgan fingerprint density at radius 3 is 2.89 bits per heavy atom. The molecule has 1 unspecified atom stereocenters. The lowest BCUT2D eigenvalue weighted by Crippen LogP contribution is -2.34. The quantitative estimate of drug-likeness (QED) is 0.887. The monoisotopic (exact) mass is 246 g/mol. The minimum atomic E-state index is -0.00937. The molecular weight excluding hydrogens is 228 g/mol. The maximum Gasteiger partial charge on any atom is 0.253 e. The zero-order chi connectivity index (χ0) is 13.3. The van der Waals surface area contributed by atoms with Crippen molar-refractivity contribution in [2.45, 2.75) is 32.7 Å². The third-order valence-electron chi connectivity index (χ3n) is 3.55. The van der Waals surface area contributed by atoms with Crippen molar-refractivity contribution in [1.29, 1.82) is 0 Å². The molecule has 2 rings (SSSR count). The van der Waals surface area contributed by atoms with Crippen LogP contribution in [0.5, 0.6) is 0 Å². The number of amides is 2. The number of hydrogen-bond acceptors (Lipinski definition) is 2. The summed E-state index contributed by atoms with van der Waals surface area (Å²) >= 11 is 0. The maximum atomic E-state index is 12.2. The Morgan fingerprint density at radius 1 is 1.50 bits per heavy atom. The Labute approximate surface area is 107 Å². The fourth-order valence-electron chi connectivity index (χ4n) is 2.04. The third kappa shape index (κ3) is 2.23. The Kier molecular flexibility index (Phi) is 3.36. The molecule has 2 amide bonds. The Morgan fingerprint density at radius 2 is 2.22 bits per heavy atom. The highest BCUT2D eigenvalue weighted by Gasteiger charge is 2.21. The second-order valence-electron chi connectivity index (χ2n) is 4.77. The predicted molar refractivity (Wildman–Crippen MR) is 70.6 cm³/mol. The van der Waals surface area contributed by atoms with Crippen molar-refractivity contribution in [2.24, 2.45) is 0 Å². The van der Waals surface area contributed by atoms with E-state index in [1.165, 1.54) is 0 Å². The van der Waals surface area contributed by atoms with Gasteiger partial charge in [0.15, 0.2) is 0 Å². The average molecular weight is 246 g/mol. The van der Waals surface area contributed by atoms with Crippen LogP contribution in [0.4, 0.5) is 5.69 Å². The molecule has 0 saturated carbocycles. The van der Waals surface area contributed by atoms with Gasteiger partial charge in [0, 0.05) is 24.3 Å². The molecule has 4 nitrogen and oxygen atoms in total. The SMILES string of the molecule is CCC(C)N(C)C(=O)c1ccc2c(c1)CC(=O)N2. The van der Waals surface area contributed by atoms with E-state index in [0.29, 0.717) is 12.0 Å². The van der Waals surface area contributed by atoms with Gasteiger partial charge in [-0.2, -0.15) is 0 Å². The number of carbonyl (C=O) groups excluding carboxylic acids is 2. The van der Waals surface area contributed by atoms with Crippen LogP contribution in [0.1, 0.15) is 36.2 Å². The number of anilines is 1. The number of fused-ring (bicyclic) bond motifs is 1. The Bertz CT molecular complexity index is 497. The molecule has 1 atom stereocenters. The first kappa shape index (κ1) is 12.6. The summed E-state index contributed by atoms with van der Waals surface area (Å²) in [5, 5.41) is 2.76. The van der Waals surface area contributed by atoms with Crippen LogP contribution in [0, 0.1) is 0 Å². The fraction of sp³-hybridized carbons (Fsp3) is 0.429. The second kappa shape index (κ2) is 4.80. The lowest BCUT2D eigenvalue weighted by atomic mass is 10.1. The van der Waals surface area contributed by atoms with Crippen molar-refractivity contribution in [1.82, 2.24) is 4.90 Å². The van der Waals surface area contributed by atoms with Crippen LogP contribution in [0.15, 0.2) is 18.2 Å². The van der Waals surface area contributed by atoms with Crippen LogP contribution < -0.4 is 5.32 Å². The smallest absolute Gasteiger partial charge is 0.253 e. The van der Waals surface area contributed by atoms with Gasteiger partial charge in [-0.15, -0.1) is 0 Å². The van der Waals surface area contributed by atoms with Gasteiger partial charge in [-0.1, -0.05) is 6.92 Å². The lowest BCUT2D eigenvalue weighted by Gasteiger charge is -2.24. The maximum absolute atomic E-state index is 12.2. The van der Waals surface area contributed by atoms with E-state index in [1.54, 1.807) is 17.0 Å². The molecule has 0 bridgehead atoms. The van der Waals surface area contributed by atoms with Crippen LogP contribution in [0.25, 0.3) is 0 Å². The number of benzene rings is 1. The molecule has 18 heavy (non-hydrogen) atoms. The molecule has 0 aromatic heterocycles. The summed E-state index contributed by atoms with van der Waals surface area (Å²) in [5.41, 5.74) is 2.37. The molecule has 1 aromatic rings. The largest absolute Gasteiger partial charge is 0.339 e. The first-order valence-electron chi connectivity index (χ1n) is 6.23. The van der Waals surface area contributed by atoms with Crippen molar-refractivity contribution in [3.8, 4) is 0 Å². The van der Waals surface area contributed by atoms with Gasteiger partial charge in [0.1, 0.15) is 0 Å². The van der Waals surface area contributed by atoms with Gasteiger partial charge in [-0.05, 0) is 37.1 Å². The van der Waals surface area contributed by atoms with Gasteiger partial charge < -0.3 is 10.2 Å². The lowest BCUT2D eigenvalue weighted by molar-refractivity contribution is -0.115. The number of nitrogens with one attached hydrogen (secondary N) is 1.